The predicted molar refractivity (Wildman–Crippen MR) is 77.6 cm³/mol. The van der Waals surface area contributed by atoms with Crippen molar-refractivity contribution in [3.05, 3.63) is 35.9 Å². The first-order valence-corrected chi connectivity index (χ1v) is 7.25. The molecule has 1 aliphatic rings. The zero-order chi connectivity index (χ0) is 13.7. The summed E-state index contributed by atoms with van der Waals surface area (Å²) in [5.41, 5.74) is 7.09. The summed E-state index contributed by atoms with van der Waals surface area (Å²) in [5.74, 6) is 0.885. The molecule has 3 heteroatoms. The molecule has 1 fully saturated rings. The van der Waals surface area contributed by atoms with Gasteiger partial charge in [-0.3, -0.25) is 4.79 Å². The highest BCUT2D eigenvalue weighted by Gasteiger charge is 2.20. The molecule has 1 aliphatic carbocycles. The van der Waals surface area contributed by atoms with Crippen molar-refractivity contribution in [3.8, 4) is 0 Å². The molecule has 1 unspecified atom stereocenters. The van der Waals surface area contributed by atoms with Gasteiger partial charge in [0, 0.05) is 18.5 Å². The molecule has 0 aliphatic heterocycles. The van der Waals surface area contributed by atoms with Gasteiger partial charge in [-0.2, -0.15) is 0 Å². The molecule has 3 N–H and O–H groups in total. The van der Waals surface area contributed by atoms with Gasteiger partial charge >= 0.3 is 0 Å². The van der Waals surface area contributed by atoms with Gasteiger partial charge in [-0.1, -0.05) is 37.3 Å². The largest absolute Gasteiger partial charge is 0.353 e. The fourth-order valence-corrected chi connectivity index (χ4v) is 2.71. The maximum absolute atomic E-state index is 12.0. The molecule has 0 bridgehead atoms. The van der Waals surface area contributed by atoms with E-state index in [4.69, 9.17) is 5.73 Å². The van der Waals surface area contributed by atoms with Gasteiger partial charge in [-0.25, -0.2) is 0 Å². The molecule has 2 rings (SSSR count). The average molecular weight is 260 g/mol. The highest BCUT2D eigenvalue weighted by atomic mass is 16.1. The third kappa shape index (κ3) is 4.35. The SMILES string of the molecule is CC1CCC(NC(=O)CC(N)c2ccccc2)CC1. The van der Waals surface area contributed by atoms with Gasteiger partial charge in [0.25, 0.3) is 0 Å². The van der Waals surface area contributed by atoms with Crippen LogP contribution in [-0.4, -0.2) is 11.9 Å². The van der Waals surface area contributed by atoms with Gasteiger partial charge in [-0.05, 0) is 37.2 Å². The van der Waals surface area contributed by atoms with Crippen LogP contribution in [0.1, 0.15) is 50.6 Å². The number of rotatable bonds is 4. The minimum absolute atomic E-state index is 0.0795. The summed E-state index contributed by atoms with van der Waals surface area (Å²) < 4.78 is 0. The summed E-state index contributed by atoms with van der Waals surface area (Å²) in [5, 5.41) is 3.12. The van der Waals surface area contributed by atoms with Gasteiger partial charge < -0.3 is 11.1 Å². The van der Waals surface area contributed by atoms with Crippen molar-refractivity contribution < 1.29 is 4.79 Å². The van der Waals surface area contributed by atoms with E-state index in [0.29, 0.717) is 12.5 Å². The number of benzene rings is 1. The Kier molecular flexibility index (Phi) is 4.97. The first-order valence-electron chi connectivity index (χ1n) is 7.25. The van der Waals surface area contributed by atoms with Gasteiger partial charge in [0.2, 0.25) is 5.91 Å². The Morgan fingerprint density at radius 2 is 1.89 bits per heavy atom. The van der Waals surface area contributed by atoms with Crippen molar-refractivity contribution in [2.24, 2.45) is 11.7 Å². The highest BCUT2D eigenvalue weighted by molar-refractivity contribution is 5.77. The Balaban J connectivity index is 1.78. The number of nitrogens with two attached hydrogens (primary N) is 1. The third-order valence-corrected chi connectivity index (χ3v) is 4.01. The van der Waals surface area contributed by atoms with E-state index in [1.54, 1.807) is 0 Å². The molecule has 1 aromatic rings. The van der Waals surface area contributed by atoms with Crippen LogP contribution < -0.4 is 11.1 Å². The molecule has 0 aromatic heterocycles. The topological polar surface area (TPSA) is 55.1 Å². The van der Waals surface area contributed by atoms with Crippen molar-refractivity contribution in [1.29, 1.82) is 0 Å². The smallest absolute Gasteiger partial charge is 0.222 e. The number of carbonyl (C=O) groups is 1. The molecular formula is C16H24N2O. The summed E-state index contributed by atoms with van der Waals surface area (Å²) in [6.07, 6.45) is 5.02. The first kappa shape index (κ1) is 14.1. The van der Waals surface area contributed by atoms with Gasteiger partial charge in [0.15, 0.2) is 0 Å². The van der Waals surface area contributed by atoms with Crippen LogP contribution >= 0.6 is 0 Å². The molecular weight excluding hydrogens is 236 g/mol. The molecule has 3 nitrogen and oxygen atoms in total. The summed E-state index contributed by atoms with van der Waals surface area (Å²) in [6.45, 7) is 2.28. The molecule has 1 atom stereocenters. The first-order chi connectivity index (χ1) is 9.15. The minimum Gasteiger partial charge on any atom is -0.353 e. The van der Waals surface area contributed by atoms with Crippen molar-refractivity contribution in [2.45, 2.75) is 51.1 Å². The second-order valence-corrected chi connectivity index (χ2v) is 5.75. The minimum atomic E-state index is -0.205. The Hall–Kier alpha value is -1.35. The maximum Gasteiger partial charge on any atom is 0.222 e. The lowest BCUT2D eigenvalue weighted by molar-refractivity contribution is -0.122. The fraction of sp³-hybridized carbons (Fsp3) is 0.562. The normalized spacial score (nSPS) is 24.7. The van der Waals surface area contributed by atoms with E-state index in [9.17, 15) is 4.79 Å². The predicted octanol–water partition coefficient (Wildman–Crippen LogP) is 2.77. The van der Waals surface area contributed by atoms with E-state index < -0.39 is 0 Å². The molecule has 1 saturated carbocycles. The van der Waals surface area contributed by atoms with E-state index in [0.717, 1.165) is 24.3 Å². The Bertz CT molecular complexity index is 396. The van der Waals surface area contributed by atoms with Crippen LogP contribution in [0.25, 0.3) is 0 Å². The molecule has 0 spiro atoms. The van der Waals surface area contributed by atoms with Crippen molar-refractivity contribution >= 4 is 5.91 Å². The lowest BCUT2D eigenvalue weighted by Gasteiger charge is -2.27. The second kappa shape index (κ2) is 6.71. The van der Waals surface area contributed by atoms with Crippen LogP contribution in [0.5, 0.6) is 0 Å². The van der Waals surface area contributed by atoms with E-state index >= 15 is 0 Å². The van der Waals surface area contributed by atoms with Crippen LogP contribution in [0.4, 0.5) is 0 Å². The van der Waals surface area contributed by atoms with Gasteiger partial charge in [-0.15, -0.1) is 0 Å². The zero-order valence-corrected chi connectivity index (χ0v) is 11.6. The average Bonchev–Trinajstić information content (AvgIpc) is 2.42. The van der Waals surface area contributed by atoms with E-state index in [-0.39, 0.29) is 11.9 Å². The number of amides is 1. The standard InChI is InChI=1S/C16H24N2O/c1-12-7-9-14(10-8-12)18-16(19)11-15(17)13-5-3-2-4-6-13/h2-6,12,14-15H,7-11,17H2,1H3,(H,18,19). The summed E-state index contributed by atoms with van der Waals surface area (Å²) in [7, 11) is 0. The Labute approximate surface area is 115 Å². The third-order valence-electron chi connectivity index (χ3n) is 4.01. The molecule has 0 heterocycles. The van der Waals surface area contributed by atoms with Crippen LogP contribution in [0.15, 0.2) is 30.3 Å². The Morgan fingerprint density at radius 1 is 1.26 bits per heavy atom. The van der Waals surface area contributed by atoms with Gasteiger partial charge in [0.05, 0.1) is 0 Å². The number of hydrogen-bond donors (Lipinski definition) is 2. The quantitative estimate of drug-likeness (QED) is 0.874. The summed E-state index contributed by atoms with van der Waals surface area (Å²) >= 11 is 0. The molecule has 104 valence electrons. The van der Waals surface area contributed by atoms with Gasteiger partial charge in [0.1, 0.15) is 0 Å². The van der Waals surface area contributed by atoms with Crippen molar-refractivity contribution in [3.63, 3.8) is 0 Å². The van der Waals surface area contributed by atoms with Crippen LogP contribution in [0.3, 0.4) is 0 Å². The lowest BCUT2D eigenvalue weighted by atomic mass is 9.87. The second-order valence-electron chi connectivity index (χ2n) is 5.75. The summed E-state index contributed by atoms with van der Waals surface area (Å²) in [4.78, 5) is 12.0. The van der Waals surface area contributed by atoms with Crippen LogP contribution in [0, 0.1) is 5.92 Å². The molecule has 0 radical (unpaired) electrons. The number of carbonyl (C=O) groups excluding carboxylic acids is 1. The van der Waals surface area contributed by atoms with Crippen molar-refractivity contribution in [2.75, 3.05) is 0 Å². The van der Waals surface area contributed by atoms with E-state index in [1.165, 1.54) is 12.8 Å². The molecule has 1 amide bonds. The fourth-order valence-electron chi connectivity index (χ4n) is 2.71. The maximum atomic E-state index is 12.0. The molecule has 0 saturated heterocycles. The Morgan fingerprint density at radius 3 is 2.53 bits per heavy atom. The lowest BCUT2D eigenvalue weighted by Crippen LogP contribution is -2.38. The number of hydrogen-bond acceptors (Lipinski definition) is 2. The monoisotopic (exact) mass is 260 g/mol. The van der Waals surface area contributed by atoms with E-state index in [1.807, 2.05) is 30.3 Å². The highest BCUT2D eigenvalue weighted by Crippen LogP contribution is 2.23. The molecule has 1 aromatic carbocycles. The van der Waals surface area contributed by atoms with Crippen LogP contribution in [0.2, 0.25) is 0 Å². The summed E-state index contributed by atoms with van der Waals surface area (Å²) in [6, 6.07) is 9.96. The zero-order valence-electron chi connectivity index (χ0n) is 11.6. The van der Waals surface area contributed by atoms with Crippen molar-refractivity contribution in [1.82, 2.24) is 5.32 Å². The van der Waals surface area contributed by atoms with E-state index in [2.05, 4.69) is 12.2 Å². The van der Waals surface area contributed by atoms with Crippen LogP contribution in [-0.2, 0) is 4.79 Å². The molecule has 19 heavy (non-hydrogen) atoms. The number of nitrogens with one attached hydrogen (secondary N) is 1.